The lowest BCUT2D eigenvalue weighted by molar-refractivity contribution is 1.13. The van der Waals surface area contributed by atoms with Crippen LogP contribution >= 0.6 is 15.9 Å². The SMILES string of the molecule is CCc1c(Br)cnc2ccccc12. The van der Waals surface area contributed by atoms with Crippen molar-refractivity contribution in [2.24, 2.45) is 0 Å². The predicted molar refractivity (Wildman–Crippen MR) is 58.8 cm³/mol. The van der Waals surface area contributed by atoms with Gasteiger partial charge in [-0.05, 0) is 34.0 Å². The molecule has 2 aromatic rings. The van der Waals surface area contributed by atoms with Crippen LogP contribution in [-0.4, -0.2) is 4.98 Å². The summed E-state index contributed by atoms with van der Waals surface area (Å²) in [6.07, 6.45) is 2.91. The van der Waals surface area contributed by atoms with Crippen LogP contribution in [0.4, 0.5) is 0 Å². The van der Waals surface area contributed by atoms with Gasteiger partial charge in [0.25, 0.3) is 0 Å². The minimum atomic E-state index is 1.03. The number of aryl methyl sites for hydroxylation is 1. The fraction of sp³-hybridized carbons (Fsp3) is 0.182. The summed E-state index contributed by atoms with van der Waals surface area (Å²) in [7, 11) is 0. The molecule has 0 atom stereocenters. The second-order valence-electron chi connectivity index (χ2n) is 2.96. The van der Waals surface area contributed by atoms with Crippen molar-refractivity contribution in [1.29, 1.82) is 0 Å². The number of pyridine rings is 1. The van der Waals surface area contributed by atoms with Crippen LogP contribution in [0.5, 0.6) is 0 Å². The molecule has 1 heterocycles. The first-order chi connectivity index (χ1) is 6.33. The Kier molecular flexibility index (Phi) is 2.32. The maximum Gasteiger partial charge on any atom is 0.0705 e. The van der Waals surface area contributed by atoms with Crippen LogP contribution in [0.25, 0.3) is 10.9 Å². The number of nitrogens with zero attached hydrogens (tertiary/aromatic N) is 1. The Bertz CT molecular complexity index is 437. The van der Waals surface area contributed by atoms with E-state index in [1.165, 1.54) is 10.9 Å². The van der Waals surface area contributed by atoms with E-state index in [2.05, 4.69) is 40.0 Å². The molecule has 0 aliphatic heterocycles. The first kappa shape index (κ1) is 8.70. The molecule has 1 aromatic heterocycles. The Labute approximate surface area is 85.9 Å². The molecule has 0 aliphatic carbocycles. The lowest BCUT2D eigenvalue weighted by Gasteiger charge is -2.05. The van der Waals surface area contributed by atoms with Crippen LogP contribution in [0, 0.1) is 0 Å². The van der Waals surface area contributed by atoms with Gasteiger partial charge in [0.15, 0.2) is 0 Å². The molecule has 66 valence electrons. The average molecular weight is 236 g/mol. The third kappa shape index (κ3) is 1.46. The first-order valence-electron chi connectivity index (χ1n) is 4.35. The Morgan fingerprint density at radius 3 is 2.85 bits per heavy atom. The minimum absolute atomic E-state index is 1.03. The van der Waals surface area contributed by atoms with Gasteiger partial charge in [0, 0.05) is 16.1 Å². The largest absolute Gasteiger partial charge is 0.255 e. The smallest absolute Gasteiger partial charge is 0.0705 e. The van der Waals surface area contributed by atoms with Crippen molar-refractivity contribution in [2.75, 3.05) is 0 Å². The molecule has 0 radical (unpaired) electrons. The average Bonchev–Trinajstić information content (AvgIpc) is 2.18. The quantitative estimate of drug-likeness (QED) is 0.737. The third-order valence-electron chi connectivity index (χ3n) is 2.19. The molecule has 0 saturated carbocycles. The lowest BCUT2D eigenvalue weighted by Crippen LogP contribution is -1.88. The fourth-order valence-electron chi connectivity index (χ4n) is 1.53. The van der Waals surface area contributed by atoms with Crippen LogP contribution in [-0.2, 0) is 6.42 Å². The van der Waals surface area contributed by atoms with Crippen LogP contribution in [0.1, 0.15) is 12.5 Å². The van der Waals surface area contributed by atoms with Gasteiger partial charge in [-0.3, -0.25) is 4.98 Å². The van der Waals surface area contributed by atoms with Crippen molar-refractivity contribution in [1.82, 2.24) is 4.98 Å². The van der Waals surface area contributed by atoms with E-state index in [1.54, 1.807) is 0 Å². The van der Waals surface area contributed by atoms with E-state index in [0.29, 0.717) is 0 Å². The summed E-state index contributed by atoms with van der Waals surface area (Å²) in [5.74, 6) is 0. The number of fused-ring (bicyclic) bond motifs is 1. The van der Waals surface area contributed by atoms with Crippen molar-refractivity contribution in [2.45, 2.75) is 13.3 Å². The van der Waals surface area contributed by atoms with Gasteiger partial charge in [0.2, 0.25) is 0 Å². The van der Waals surface area contributed by atoms with Gasteiger partial charge < -0.3 is 0 Å². The molecule has 1 nitrogen and oxygen atoms in total. The Balaban J connectivity index is 2.84. The van der Waals surface area contributed by atoms with E-state index in [-0.39, 0.29) is 0 Å². The van der Waals surface area contributed by atoms with E-state index >= 15 is 0 Å². The molecular weight excluding hydrogens is 226 g/mol. The summed E-state index contributed by atoms with van der Waals surface area (Å²) < 4.78 is 1.11. The van der Waals surface area contributed by atoms with Crippen molar-refractivity contribution >= 4 is 26.8 Å². The maximum absolute atomic E-state index is 4.34. The summed E-state index contributed by atoms with van der Waals surface area (Å²) in [5, 5.41) is 1.25. The first-order valence-corrected chi connectivity index (χ1v) is 5.14. The summed E-state index contributed by atoms with van der Waals surface area (Å²) in [5.41, 5.74) is 2.41. The van der Waals surface area contributed by atoms with Gasteiger partial charge in [0.05, 0.1) is 5.52 Å². The zero-order valence-electron chi connectivity index (χ0n) is 7.42. The van der Waals surface area contributed by atoms with Gasteiger partial charge in [-0.15, -0.1) is 0 Å². The molecule has 0 N–H and O–H groups in total. The van der Waals surface area contributed by atoms with Gasteiger partial charge in [-0.1, -0.05) is 25.1 Å². The van der Waals surface area contributed by atoms with E-state index in [1.807, 2.05) is 18.3 Å². The molecule has 0 saturated heterocycles. The molecule has 2 heteroatoms. The molecule has 2 rings (SSSR count). The van der Waals surface area contributed by atoms with Crippen LogP contribution in [0.3, 0.4) is 0 Å². The van der Waals surface area contributed by atoms with Crippen molar-refractivity contribution < 1.29 is 0 Å². The molecule has 1 aromatic carbocycles. The number of halogens is 1. The summed E-state index contributed by atoms with van der Waals surface area (Å²) in [6, 6.07) is 8.23. The number of para-hydroxylation sites is 1. The maximum atomic E-state index is 4.34. The Morgan fingerprint density at radius 2 is 2.08 bits per heavy atom. The molecule has 0 aliphatic rings. The predicted octanol–water partition coefficient (Wildman–Crippen LogP) is 3.56. The number of benzene rings is 1. The van der Waals surface area contributed by atoms with Crippen LogP contribution in [0.15, 0.2) is 34.9 Å². The van der Waals surface area contributed by atoms with E-state index in [0.717, 1.165) is 16.4 Å². The van der Waals surface area contributed by atoms with E-state index in [4.69, 9.17) is 0 Å². The molecule has 0 bridgehead atoms. The highest BCUT2D eigenvalue weighted by molar-refractivity contribution is 9.10. The zero-order chi connectivity index (χ0) is 9.26. The highest BCUT2D eigenvalue weighted by Crippen LogP contribution is 2.24. The highest BCUT2D eigenvalue weighted by atomic mass is 79.9. The highest BCUT2D eigenvalue weighted by Gasteiger charge is 2.03. The van der Waals surface area contributed by atoms with E-state index < -0.39 is 0 Å². The fourth-order valence-corrected chi connectivity index (χ4v) is 2.13. The topological polar surface area (TPSA) is 12.9 Å². The standard InChI is InChI=1S/C11H10BrN/c1-2-8-9-5-3-4-6-11(9)13-7-10(8)12/h3-7H,2H2,1H3. The minimum Gasteiger partial charge on any atom is -0.255 e. The molecule has 0 spiro atoms. The number of aromatic nitrogens is 1. The Morgan fingerprint density at radius 1 is 1.31 bits per heavy atom. The van der Waals surface area contributed by atoms with Gasteiger partial charge in [-0.2, -0.15) is 0 Å². The van der Waals surface area contributed by atoms with Gasteiger partial charge in [-0.25, -0.2) is 0 Å². The van der Waals surface area contributed by atoms with Crippen molar-refractivity contribution in [3.8, 4) is 0 Å². The zero-order valence-corrected chi connectivity index (χ0v) is 9.01. The Hall–Kier alpha value is -0.890. The van der Waals surface area contributed by atoms with Crippen molar-refractivity contribution in [3.63, 3.8) is 0 Å². The second kappa shape index (κ2) is 3.46. The molecule has 0 unspecified atom stereocenters. The molecule has 0 amide bonds. The van der Waals surface area contributed by atoms with E-state index in [9.17, 15) is 0 Å². The van der Waals surface area contributed by atoms with Gasteiger partial charge >= 0.3 is 0 Å². The van der Waals surface area contributed by atoms with Crippen molar-refractivity contribution in [3.05, 3.63) is 40.5 Å². The molecule has 13 heavy (non-hydrogen) atoms. The summed E-state index contributed by atoms with van der Waals surface area (Å²) in [6.45, 7) is 2.16. The molecular formula is C11H10BrN. The molecule has 0 fully saturated rings. The number of hydrogen-bond donors (Lipinski definition) is 0. The number of hydrogen-bond acceptors (Lipinski definition) is 1. The normalized spacial score (nSPS) is 10.6. The second-order valence-corrected chi connectivity index (χ2v) is 3.81. The van der Waals surface area contributed by atoms with Crippen LogP contribution in [0.2, 0.25) is 0 Å². The monoisotopic (exact) mass is 235 g/mol. The number of rotatable bonds is 1. The third-order valence-corrected chi connectivity index (χ3v) is 2.87. The summed E-state index contributed by atoms with van der Waals surface area (Å²) in [4.78, 5) is 4.34. The summed E-state index contributed by atoms with van der Waals surface area (Å²) >= 11 is 3.52. The van der Waals surface area contributed by atoms with Crippen LogP contribution < -0.4 is 0 Å². The van der Waals surface area contributed by atoms with Gasteiger partial charge in [0.1, 0.15) is 0 Å². The lowest BCUT2D eigenvalue weighted by atomic mass is 10.1.